The normalized spacial score (nSPS) is 11.9. The van der Waals surface area contributed by atoms with E-state index in [-0.39, 0.29) is 10.7 Å². The van der Waals surface area contributed by atoms with Crippen LogP contribution in [0.25, 0.3) is 0 Å². The van der Waals surface area contributed by atoms with Crippen LogP contribution in [0.3, 0.4) is 0 Å². The van der Waals surface area contributed by atoms with Gasteiger partial charge in [-0.15, -0.1) is 0 Å². The molecule has 19 heavy (non-hydrogen) atoms. The number of para-hydroxylation sites is 1. The highest BCUT2D eigenvalue weighted by molar-refractivity contribution is 9.10. The molecule has 1 N–H and O–H groups in total. The van der Waals surface area contributed by atoms with Crippen molar-refractivity contribution in [1.82, 2.24) is 0 Å². The molecule has 2 rings (SSSR count). The number of halogens is 2. The monoisotopic (exact) mass is 381 g/mol. The lowest BCUT2D eigenvalue weighted by molar-refractivity contribution is 0.102. The highest BCUT2D eigenvalue weighted by Crippen LogP contribution is 2.28. The van der Waals surface area contributed by atoms with Gasteiger partial charge in [0.15, 0.2) is 0 Å². The van der Waals surface area contributed by atoms with Crippen LogP contribution in [0.15, 0.2) is 53.0 Å². The summed E-state index contributed by atoms with van der Waals surface area (Å²) in [6.07, 6.45) is 0. The minimum absolute atomic E-state index is 0.104. The molecule has 0 bridgehead atoms. The molecule has 2 nitrogen and oxygen atoms in total. The fourth-order valence-corrected chi connectivity index (χ4v) is 2.42. The van der Waals surface area contributed by atoms with Crippen LogP contribution in [0.4, 0.5) is 5.69 Å². The molecule has 0 heterocycles. The Morgan fingerprint density at radius 1 is 1.11 bits per heavy atom. The molecule has 0 saturated carbocycles. The highest BCUT2D eigenvalue weighted by Gasteiger charge is 2.11. The second-order valence-electron chi connectivity index (χ2n) is 4.16. The van der Waals surface area contributed by atoms with E-state index >= 15 is 0 Å². The first-order valence-electron chi connectivity index (χ1n) is 5.88. The van der Waals surface area contributed by atoms with Crippen molar-refractivity contribution in [1.29, 1.82) is 0 Å². The van der Waals surface area contributed by atoms with Gasteiger partial charge in [-0.25, -0.2) is 0 Å². The molecule has 2 aromatic carbocycles. The predicted molar refractivity (Wildman–Crippen MR) is 85.9 cm³/mol. The third kappa shape index (κ3) is 3.67. The van der Waals surface area contributed by atoms with Crippen molar-refractivity contribution in [2.45, 2.75) is 11.8 Å². The van der Waals surface area contributed by atoms with Crippen LogP contribution in [0.2, 0.25) is 0 Å². The number of carbonyl (C=O) groups excluding carboxylic acids is 1. The molecule has 0 fully saturated rings. The molecule has 0 aliphatic heterocycles. The van der Waals surface area contributed by atoms with Crippen molar-refractivity contribution in [2.75, 3.05) is 5.32 Å². The second kappa shape index (κ2) is 6.35. The standard InChI is InChI=1S/C15H13Br2NO/c1-10(16)13-4-2-3-5-14(13)18-15(19)11-6-8-12(17)9-7-11/h2-10H,1H3,(H,18,19). The Bertz CT molecular complexity index is 579. The summed E-state index contributed by atoms with van der Waals surface area (Å²) in [5.74, 6) is -0.104. The average molecular weight is 383 g/mol. The van der Waals surface area contributed by atoms with Gasteiger partial charge >= 0.3 is 0 Å². The van der Waals surface area contributed by atoms with Gasteiger partial charge in [-0.05, 0) is 42.8 Å². The van der Waals surface area contributed by atoms with Crippen LogP contribution in [0, 0.1) is 0 Å². The van der Waals surface area contributed by atoms with Crippen molar-refractivity contribution < 1.29 is 4.79 Å². The number of alkyl halides is 1. The molecule has 0 radical (unpaired) electrons. The van der Waals surface area contributed by atoms with Crippen molar-refractivity contribution >= 4 is 43.5 Å². The lowest BCUT2D eigenvalue weighted by Crippen LogP contribution is -2.13. The number of rotatable bonds is 3. The van der Waals surface area contributed by atoms with E-state index in [1.54, 1.807) is 12.1 Å². The van der Waals surface area contributed by atoms with Crippen molar-refractivity contribution in [3.05, 3.63) is 64.1 Å². The quantitative estimate of drug-likeness (QED) is 0.730. The van der Waals surface area contributed by atoms with E-state index in [0.717, 1.165) is 15.7 Å². The van der Waals surface area contributed by atoms with Crippen LogP contribution in [0.5, 0.6) is 0 Å². The summed E-state index contributed by atoms with van der Waals surface area (Å²) in [6.45, 7) is 2.03. The number of nitrogens with one attached hydrogen (secondary N) is 1. The van der Waals surface area contributed by atoms with Crippen LogP contribution in [-0.4, -0.2) is 5.91 Å². The van der Waals surface area contributed by atoms with E-state index in [0.29, 0.717) is 5.56 Å². The summed E-state index contributed by atoms with van der Waals surface area (Å²) in [7, 11) is 0. The molecule has 98 valence electrons. The Labute approximate surface area is 129 Å². The molecule has 0 aliphatic rings. The number of hydrogen-bond acceptors (Lipinski definition) is 1. The molecule has 1 unspecified atom stereocenters. The molecule has 0 aromatic heterocycles. The van der Waals surface area contributed by atoms with Crippen LogP contribution < -0.4 is 5.32 Å². The number of hydrogen-bond donors (Lipinski definition) is 1. The molecular weight excluding hydrogens is 370 g/mol. The minimum atomic E-state index is -0.104. The van der Waals surface area contributed by atoms with E-state index < -0.39 is 0 Å². The highest BCUT2D eigenvalue weighted by atomic mass is 79.9. The number of amides is 1. The number of carbonyl (C=O) groups is 1. The maximum atomic E-state index is 12.2. The summed E-state index contributed by atoms with van der Waals surface area (Å²) < 4.78 is 0.957. The molecule has 0 aliphatic carbocycles. The second-order valence-corrected chi connectivity index (χ2v) is 6.45. The summed E-state index contributed by atoms with van der Waals surface area (Å²) in [4.78, 5) is 12.3. The largest absolute Gasteiger partial charge is 0.322 e. The molecule has 2 aromatic rings. The van der Waals surface area contributed by atoms with Gasteiger partial charge in [0.1, 0.15) is 0 Å². The fraction of sp³-hybridized carbons (Fsp3) is 0.133. The Hall–Kier alpha value is -1.13. The summed E-state index contributed by atoms with van der Waals surface area (Å²) in [6, 6.07) is 15.1. The van der Waals surface area contributed by atoms with Gasteiger partial charge in [-0.3, -0.25) is 4.79 Å². The Balaban J connectivity index is 2.22. The first kappa shape index (κ1) is 14.3. The minimum Gasteiger partial charge on any atom is -0.322 e. The zero-order valence-electron chi connectivity index (χ0n) is 10.4. The van der Waals surface area contributed by atoms with Gasteiger partial charge in [0.25, 0.3) is 5.91 Å². The maximum absolute atomic E-state index is 12.2. The molecule has 4 heteroatoms. The van der Waals surface area contributed by atoms with E-state index in [9.17, 15) is 4.79 Å². The lowest BCUT2D eigenvalue weighted by atomic mass is 10.1. The lowest BCUT2D eigenvalue weighted by Gasteiger charge is -2.12. The zero-order valence-corrected chi connectivity index (χ0v) is 13.5. The van der Waals surface area contributed by atoms with Crippen LogP contribution in [0.1, 0.15) is 27.7 Å². The SMILES string of the molecule is CC(Br)c1ccccc1NC(=O)c1ccc(Br)cc1. The maximum Gasteiger partial charge on any atom is 0.255 e. The number of anilines is 1. The van der Waals surface area contributed by atoms with Gasteiger partial charge in [0, 0.05) is 20.6 Å². The van der Waals surface area contributed by atoms with Crippen molar-refractivity contribution in [3.8, 4) is 0 Å². The third-order valence-corrected chi connectivity index (χ3v) is 3.77. The topological polar surface area (TPSA) is 29.1 Å². The first-order chi connectivity index (χ1) is 9.08. The zero-order chi connectivity index (χ0) is 13.8. The van der Waals surface area contributed by atoms with Gasteiger partial charge in [-0.1, -0.05) is 50.1 Å². The van der Waals surface area contributed by atoms with E-state index in [1.807, 2.05) is 43.3 Å². The average Bonchev–Trinajstić information content (AvgIpc) is 2.39. The third-order valence-electron chi connectivity index (χ3n) is 2.74. The van der Waals surface area contributed by atoms with Crippen molar-refractivity contribution in [2.24, 2.45) is 0 Å². The first-order valence-corrected chi connectivity index (χ1v) is 7.58. The van der Waals surface area contributed by atoms with Gasteiger partial charge < -0.3 is 5.32 Å². The summed E-state index contributed by atoms with van der Waals surface area (Å²) in [5, 5.41) is 2.94. The molecule has 1 amide bonds. The van der Waals surface area contributed by atoms with E-state index in [2.05, 4.69) is 37.2 Å². The molecule has 1 atom stereocenters. The fourth-order valence-electron chi connectivity index (χ4n) is 1.75. The molecule has 0 spiro atoms. The van der Waals surface area contributed by atoms with E-state index in [4.69, 9.17) is 0 Å². The number of benzene rings is 2. The van der Waals surface area contributed by atoms with Gasteiger partial charge in [0.05, 0.1) is 0 Å². The van der Waals surface area contributed by atoms with E-state index in [1.165, 1.54) is 0 Å². The Morgan fingerprint density at radius 3 is 2.37 bits per heavy atom. The van der Waals surface area contributed by atoms with Gasteiger partial charge in [0.2, 0.25) is 0 Å². The summed E-state index contributed by atoms with van der Waals surface area (Å²) >= 11 is 6.89. The predicted octanol–water partition coefficient (Wildman–Crippen LogP) is 5.16. The van der Waals surface area contributed by atoms with Crippen LogP contribution in [-0.2, 0) is 0 Å². The Kier molecular flexibility index (Phi) is 4.77. The van der Waals surface area contributed by atoms with Gasteiger partial charge in [-0.2, -0.15) is 0 Å². The molecule has 0 saturated heterocycles. The van der Waals surface area contributed by atoms with Crippen LogP contribution >= 0.6 is 31.9 Å². The Morgan fingerprint density at radius 2 is 1.74 bits per heavy atom. The smallest absolute Gasteiger partial charge is 0.255 e. The summed E-state index contributed by atoms with van der Waals surface area (Å²) in [5.41, 5.74) is 2.54. The van der Waals surface area contributed by atoms with Crippen molar-refractivity contribution in [3.63, 3.8) is 0 Å². The molecular formula is C15H13Br2NO.